The molecule has 1 N–H and O–H groups in total. The largest absolute Gasteiger partial charge is 0.482 e. The van der Waals surface area contributed by atoms with Gasteiger partial charge >= 0.3 is 5.97 Å². The summed E-state index contributed by atoms with van der Waals surface area (Å²) in [5.41, 5.74) is 1.87. The molecule has 0 unspecified atom stereocenters. The molecule has 0 aliphatic carbocycles. The number of ether oxygens (including phenoxy) is 2. The molecule has 21 heavy (non-hydrogen) atoms. The van der Waals surface area contributed by atoms with Crippen LogP contribution in [-0.4, -0.2) is 29.7 Å². The zero-order valence-corrected chi connectivity index (χ0v) is 12.0. The molecular weight excluding hydrogens is 270 g/mol. The van der Waals surface area contributed by atoms with E-state index < -0.39 is 5.97 Å². The molecule has 0 saturated heterocycles. The summed E-state index contributed by atoms with van der Waals surface area (Å²) in [5.74, 6) is 0.959. The molecule has 0 bridgehead atoms. The first-order valence-electron chi connectivity index (χ1n) is 6.49. The molecule has 0 atom stereocenters. The third-order valence-corrected chi connectivity index (χ3v) is 2.75. The van der Waals surface area contributed by atoms with E-state index in [1.807, 2.05) is 25.1 Å². The number of anilines is 1. The molecule has 0 amide bonds. The summed E-state index contributed by atoms with van der Waals surface area (Å²) in [5, 5.41) is 3.25. The minimum atomic E-state index is -0.406. The van der Waals surface area contributed by atoms with Crippen molar-refractivity contribution in [1.29, 1.82) is 0 Å². The lowest BCUT2D eigenvalue weighted by molar-refractivity contribution is -0.142. The van der Waals surface area contributed by atoms with Gasteiger partial charge in [0, 0.05) is 11.9 Å². The highest BCUT2D eigenvalue weighted by atomic mass is 16.6. The van der Waals surface area contributed by atoms with Crippen LogP contribution in [0, 0.1) is 6.92 Å². The Labute approximate surface area is 123 Å². The van der Waals surface area contributed by atoms with Crippen molar-refractivity contribution < 1.29 is 14.3 Å². The van der Waals surface area contributed by atoms with Crippen molar-refractivity contribution in [2.45, 2.75) is 13.5 Å². The average Bonchev–Trinajstić information content (AvgIpc) is 2.51. The molecule has 6 heteroatoms. The van der Waals surface area contributed by atoms with Crippen molar-refractivity contribution in [2.75, 3.05) is 19.0 Å². The van der Waals surface area contributed by atoms with Gasteiger partial charge in [-0.25, -0.2) is 14.8 Å². The number of rotatable bonds is 6. The van der Waals surface area contributed by atoms with E-state index in [-0.39, 0.29) is 6.61 Å². The summed E-state index contributed by atoms with van der Waals surface area (Å²) in [6.45, 7) is 2.38. The van der Waals surface area contributed by atoms with Gasteiger partial charge in [-0.1, -0.05) is 0 Å². The zero-order valence-electron chi connectivity index (χ0n) is 12.0. The van der Waals surface area contributed by atoms with Gasteiger partial charge in [0.25, 0.3) is 0 Å². The summed E-state index contributed by atoms with van der Waals surface area (Å²) < 4.78 is 9.77. The minimum Gasteiger partial charge on any atom is -0.482 e. The zero-order chi connectivity index (χ0) is 15.1. The Hall–Kier alpha value is -2.63. The Morgan fingerprint density at radius 1 is 1.24 bits per heavy atom. The van der Waals surface area contributed by atoms with Crippen molar-refractivity contribution in [2.24, 2.45) is 0 Å². The van der Waals surface area contributed by atoms with E-state index in [1.165, 1.54) is 7.11 Å². The maximum atomic E-state index is 11.0. The molecule has 0 fully saturated rings. The number of carbonyl (C=O) groups is 1. The maximum absolute atomic E-state index is 11.0. The molecule has 0 saturated carbocycles. The van der Waals surface area contributed by atoms with Gasteiger partial charge in [0.05, 0.1) is 19.3 Å². The topological polar surface area (TPSA) is 73.3 Å². The Morgan fingerprint density at radius 3 is 2.67 bits per heavy atom. The lowest BCUT2D eigenvalue weighted by Crippen LogP contribution is -2.12. The average molecular weight is 287 g/mol. The number of hydrogen-bond acceptors (Lipinski definition) is 6. The van der Waals surface area contributed by atoms with Crippen molar-refractivity contribution in [3.05, 3.63) is 48.0 Å². The lowest BCUT2D eigenvalue weighted by Gasteiger charge is -2.08. The number of esters is 1. The fourth-order valence-electron chi connectivity index (χ4n) is 1.67. The van der Waals surface area contributed by atoms with E-state index in [9.17, 15) is 4.79 Å². The van der Waals surface area contributed by atoms with Crippen molar-refractivity contribution in [3.63, 3.8) is 0 Å². The minimum absolute atomic E-state index is 0.0938. The van der Waals surface area contributed by atoms with Crippen LogP contribution in [0.1, 0.15) is 11.5 Å². The van der Waals surface area contributed by atoms with Gasteiger partial charge in [0.15, 0.2) is 6.61 Å². The van der Waals surface area contributed by atoms with Gasteiger partial charge in [-0.05, 0) is 37.3 Å². The smallest absolute Gasteiger partial charge is 0.343 e. The molecule has 0 radical (unpaired) electrons. The van der Waals surface area contributed by atoms with Crippen molar-refractivity contribution >= 4 is 11.7 Å². The van der Waals surface area contributed by atoms with E-state index in [1.54, 1.807) is 18.3 Å². The Balaban J connectivity index is 1.86. The number of carbonyl (C=O) groups excluding carboxylic acids is 1. The second kappa shape index (κ2) is 7.23. The van der Waals surface area contributed by atoms with Crippen LogP contribution in [0.5, 0.6) is 5.75 Å². The fraction of sp³-hybridized carbons (Fsp3) is 0.267. The Morgan fingerprint density at radius 2 is 2.00 bits per heavy atom. The maximum Gasteiger partial charge on any atom is 0.343 e. The quantitative estimate of drug-likeness (QED) is 0.819. The van der Waals surface area contributed by atoms with Crippen LogP contribution in [0.15, 0.2) is 36.5 Å². The molecule has 6 nitrogen and oxygen atoms in total. The summed E-state index contributed by atoms with van der Waals surface area (Å²) in [6.07, 6.45) is 1.74. The predicted octanol–water partition coefficient (Wildman–Crippen LogP) is 1.95. The highest BCUT2D eigenvalue weighted by Gasteiger charge is 2.02. The molecule has 1 aromatic heterocycles. The number of benzene rings is 1. The number of nitrogens with zero attached hydrogens (tertiary/aromatic N) is 2. The van der Waals surface area contributed by atoms with E-state index in [0.29, 0.717) is 12.3 Å². The van der Waals surface area contributed by atoms with Crippen LogP contribution in [0.3, 0.4) is 0 Å². The van der Waals surface area contributed by atoms with E-state index in [0.717, 1.165) is 17.2 Å². The van der Waals surface area contributed by atoms with Crippen LogP contribution >= 0.6 is 0 Å². The number of hydrogen-bond donors (Lipinski definition) is 1. The van der Waals surface area contributed by atoms with Gasteiger partial charge in [0.1, 0.15) is 11.6 Å². The molecule has 2 aromatic rings. The van der Waals surface area contributed by atoms with E-state index >= 15 is 0 Å². The molecule has 0 aliphatic rings. The Bertz CT molecular complexity index is 599. The number of aromatic nitrogens is 2. The predicted molar refractivity (Wildman–Crippen MR) is 78.0 cm³/mol. The van der Waals surface area contributed by atoms with Crippen molar-refractivity contribution in [1.82, 2.24) is 9.97 Å². The third-order valence-electron chi connectivity index (χ3n) is 2.75. The number of nitrogens with one attached hydrogen (secondary N) is 1. The number of methoxy groups -OCH3 is 1. The summed E-state index contributed by atoms with van der Waals surface area (Å²) >= 11 is 0. The number of aryl methyl sites for hydroxylation is 1. The first kappa shape index (κ1) is 14.8. The van der Waals surface area contributed by atoms with E-state index in [2.05, 4.69) is 20.0 Å². The van der Waals surface area contributed by atoms with Crippen molar-refractivity contribution in [3.8, 4) is 5.75 Å². The lowest BCUT2D eigenvalue weighted by atomic mass is 10.3. The molecule has 0 aliphatic heterocycles. The van der Waals surface area contributed by atoms with Crippen LogP contribution in [-0.2, 0) is 16.1 Å². The van der Waals surface area contributed by atoms with Gasteiger partial charge in [0.2, 0.25) is 0 Å². The third kappa shape index (κ3) is 4.76. The van der Waals surface area contributed by atoms with Crippen LogP contribution in [0.2, 0.25) is 0 Å². The molecule has 2 rings (SSSR count). The first-order valence-corrected chi connectivity index (χ1v) is 6.49. The molecular formula is C15H17N3O3. The standard InChI is InChI=1S/C15H17N3O3/c1-11-16-8-7-13(18-11)9-17-12-3-5-14(6-4-12)21-10-15(19)20-2/h3-8,17H,9-10H2,1-2H3. The second-order valence-corrected chi connectivity index (χ2v) is 4.34. The normalized spacial score (nSPS) is 10.0. The van der Waals surface area contributed by atoms with Crippen LogP contribution < -0.4 is 10.1 Å². The molecule has 110 valence electrons. The van der Waals surface area contributed by atoms with Gasteiger partial charge in [-0.15, -0.1) is 0 Å². The van der Waals surface area contributed by atoms with Crippen LogP contribution in [0.25, 0.3) is 0 Å². The molecule has 1 aromatic carbocycles. The summed E-state index contributed by atoms with van der Waals surface area (Å²) in [7, 11) is 1.33. The molecule has 1 heterocycles. The Kier molecular flexibility index (Phi) is 5.09. The fourth-order valence-corrected chi connectivity index (χ4v) is 1.67. The van der Waals surface area contributed by atoms with Gasteiger partial charge < -0.3 is 14.8 Å². The SMILES string of the molecule is COC(=O)COc1ccc(NCc2ccnc(C)n2)cc1. The monoisotopic (exact) mass is 287 g/mol. The molecule has 0 spiro atoms. The van der Waals surface area contributed by atoms with Gasteiger partial charge in [-0.3, -0.25) is 0 Å². The van der Waals surface area contributed by atoms with E-state index in [4.69, 9.17) is 4.74 Å². The first-order chi connectivity index (χ1) is 10.2. The second-order valence-electron chi connectivity index (χ2n) is 4.34. The van der Waals surface area contributed by atoms with Gasteiger partial charge in [-0.2, -0.15) is 0 Å². The highest BCUT2D eigenvalue weighted by molar-refractivity contribution is 5.70. The highest BCUT2D eigenvalue weighted by Crippen LogP contribution is 2.16. The summed E-state index contributed by atoms with van der Waals surface area (Å²) in [6, 6.07) is 9.20. The van der Waals surface area contributed by atoms with Crippen LogP contribution in [0.4, 0.5) is 5.69 Å². The summed E-state index contributed by atoms with van der Waals surface area (Å²) in [4.78, 5) is 19.3.